The number of Topliss-reactive ketones (excluding diaryl/α,β-unsaturated/α-hetero) is 1. The summed E-state index contributed by atoms with van der Waals surface area (Å²) in [6.07, 6.45) is 8.85. The Morgan fingerprint density at radius 3 is 2.66 bits per heavy atom. The molecular weight excluding hydrogens is 466 g/mol. The lowest BCUT2D eigenvalue weighted by Crippen LogP contribution is -2.61. The summed E-state index contributed by atoms with van der Waals surface area (Å²) in [5.74, 6) is -0.460. The Bertz CT molecular complexity index is 1190. The highest BCUT2D eigenvalue weighted by atomic mass is 35.5. The smallest absolute Gasteiger partial charge is 0.330 e. The van der Waals surface area contributed by atoms with Crippen LogP contribution in [0.4, 0.5) is 5.69 Å². The number of pyridine rings is 1. The number of fused-ring (bicyclic) bond motifs is 1. The summed E-state index contributed by atoms with van der Waals surface area (Å²) in [4.78, 5) is 48.8. The first kappa shape index (κ1) is 23.7. The van der Waals surface area contributed by atoms with E-state index >= 15 is 0 Å². The van der Waals surface area contributed by atoms with E-state index in [0.717, 1.165) is 55.3 Å². The molecule has 2 fully saturated rings. The largest absolute Gasteiger partial charge is 0.467 e. The van der Waals surface area contributed by atoms with E-state index in [9.17, 15) is 14.4 Å². The first-order valence-electron chi connectivity index (χ1n) is 12.1. The molecule has 2 aliphatic carbocycles. The van der Waals surface area contributed by atoms with Gasteiger partial charge in [0.15, 0.2) is 11.8 Å². The van der Waals surface area contributed by atoms with Gasteiger partial charge in [-0.1, -0.05) is 31.4 Å². The zero-order valence-corrected chi connectivity index (χ0v) is 20.5. The molecule has 1 aliphatic heterocycles. The molecule has 2 heterocycles. The van der Waals surface area contributed by atoms with Crippen LogP contribution in [-0.2, 0) is 27.2 Å². The predicted octanol–water partition coefficient (Wildman–Crippen LogP) is 3.95. The number of alkyl halides is 1. The first-order valence-corrected chi connectivity index (χ1v) is 12.6. The van der Waals surface area contributed by atoms with E-state index in [2.05, 4.69) is 4.98 Å². The molecule has 0 N–H and O–H groups in total. The summed E-state index contributed by atoms with van der Waals surface area (Å²) in [7, 11) is 1.35. The number of ether oxygens (including phenoxy) is 1. The minimum atomic E-state index is -0.767. The minimum Gasteiger partial charge on any atom is -0.467 e. The monoisotopic (exact) mass is 493 g/mol. The van der Waals surface area contributed by atoms with Gasteiger partial charge in [-0.3, -0.25) is 19.6 Å². The number of benzene rings is 1. The van der Waals surface area contributed by atoms with Gasteiger partial charge in [0, 0.05) is 36.6 Å². The summed E-state index contributed by atoms with van der Waals surface area (Å²) in [6.45, 7) is 0.598. The van der Waals surface area contributed by atoms with Crippen LogP contribution in [0.5, 0.6) is 0 Å². The molecule has 1 spiro atoms. The van der Waals surface area contributed by atoms with Crippen LogP contribution in [0.2, 0.25) is 0 Å². The molecule has 7 nitrogen and oxygen atoms in total. The quantitative estimate of drug-likeness (QED) is 0.465. The number of rotatable bonds is 5. The van der Waals surface area contributed by atoms with Crippen LogP contribution >= 0.6 is 11.6 Å². The van der Waals surface area contributed by atoms with Crippen LogP contribution < -0.4 is 4.90 Å². The van der Waals surface area contributed by atoms with E-state index in [-0.39, 0.29) is 11.7 Å². The van der Waals surface area contributed by atoms with E-state index in [1.807, 2.05) is 18.2 Å². The van der Waals surface area contributed by atoms with Crippen LogP contribution in [0, 0.1) is 5.41 Å². The van der Waals surface area contributed by atoms with Crippen molar-refractivity contribution in [3.63, 3.8) is 0 Å². The van der Waals surface area contributed by atoms with Crippen LogP contribution in [0.1, 0.15) is 53.6 Å². The number of halogens is 1. The molecule has 3 aliphatic rings. The Morgan fingerprint density at radius 2 is 1.94 bits per heavy atom. The number of esters is 1. The topological polar surface area (TPSA) is 88.9 Å². The van der Waals surface area contributed by atoms with Gasteiger partial charge < -0.3 is 9.64 Å². The lowest BCUT2D eigenvalue weighted by Gasteiger charge is -2.47. The number of amides is 1. The van der Waals surface area contributed by atoms with Gasteiger partial charge in [0.25, 0.3) is 5.91 Å². The second kappa shape index (κ2) is 9.53. The van der Waals surface area contributed by atoms with Gasteiger partial charge in [-0.2, -0.15) is 0 Å². The second-order valence-corrected chi connectivity index (χ2v) is 9.97. The van der Waals surface area contributed by atoms with E-state index in [1.54, 1.807) is 29.4 Å². The number of aromatic nitrogens is 1. The Balaban J connectivity index is 1.38. The van der Waals surface area contributed by atoms with Gasteiger partial charge in [-0.05, 0) is 48.6 Å². The van der Waals surface area contributed by atoms with Crippen molar-refractivity contribution in [2.45, 2.75) is 56.4 Å². The van der Waals surface area contributed by atoms with E-state index in [1.165, 1.54) is 7.11 Å². The van der Waals surface area contributed by atoms with Crippen molar-refractivity contribution in [3.8, 4) is 0 Å². The number of anilines is 1. The van der Waals surface area contributed by atoms with Crippen molar-refractivity contribution >= 4 is 40.7 Å². The van der Waals surface area contributed by atoms with E-state index in [0.29, 0.717) is 24.2 Å². The third kappa shape index (κ3) is 4.16. The van der Waals surface area contributed by atoms with Crippen LogP contribution in [-0.4, -0.2) is 53.4 Å². The summed E-state index contributed by atoms with van der Waals surface area (Å²) in [5, 5.41) is -0.756. The Morgan fingerprint density at radius 1 is 1.20 bits per heavy atom. The van der Waals surface area contributed by atoms with Crippen LogP contribution in [0.15, 0.2) is 47.7 Å². The second-order valence-electron chi connectivity index (χ2n) is 9.53. The maximum absolute atomic E-state index is 12.9. The zero-order valence-electron chi connectivity index (χ0n) is 19.7. The fourth-order valence-corrected chi connectivity index (χ4v) is 6.13. The molecule has 1 amide bonds. The van der Waals surface area contributed by atoms with Crippen molar-refractivity contribution in [2.75, 3.05) is 18.6 Å². The zero-order chi connectivity index (χ0) is 24.6. The number of aliphatic imine (C=N–C) groups is 1. The van der Waals surface area contributed by atoms with E-state index < -0.39 is 22.8 Å². The van der Waals surface area contributed by atoms with Gasteiger partial charge in [-0.15, -0.1) is 11.6 Å². The summed E-state index contributed by atoms with van der Waals surface area (Å²) < 4.78 is 5.05. The molecule has 35 heavy (non-hydrogen) atoms. The third-order valence-electron chi connectivity index (χ3n) is 7.55. The van der Waals surface area contributed by atoms with Gasteiger partial charge >= 0.3 is 5.97 Å². The molecule has 182 valence electrons. The van der Waals surface area contributed by atoms with Crippen molar-refractivity contribution in [1.82, 2.24) is 4.98 Å². The average molecular weight is 494 g/mol. The van der Waals surface area contributed by atoms with Gasteiger partial charge in [-0.25, -0.2) is 4.79 Å². The normalized spacial score (nSPS) is 22.6. The van der Waals surface area contributed by atoms with Crippen molar-refractivity contribution < 1.29 is 19.1 Å². The summed E-state index contributed by atoms with van der Waals surface area (Å²) in [5.41, 5.74) is 3.51. The Hall–Kier alpha value is -3.06. The molecule has 2 unspecified atom stereocenters. The van der Waals surface area contributed by atoms with Crippen LogP contribution in [0.3, 0.4) is 0 Å². The molecule has 2 saturated carbocycles. The highest BCUT2D eigenvalue weighted by molar-refractivity contribution is 6.54. The molecule has 1 aromatic heterocycles. The summed E-state index contributed by atoms with van der Waals surface area (Å²) >= 11 is 6.38. The maximum atomic E-state index is 12.9. The first-order chi connectivity index (χ1) is 16.9. The van der Waals surface area contributed by atoms with Gasteiger partial charge in [0.1, 0.15) is 5.38 Å². The third-order valence-corrected chi connectivity index (χ3v) is 7.95. The molecule has 2 aromatic rings. The van der Waals surface area contributed by atoms with Gasteiger partial charge in [0.2, 0.25) is 0 Å². The standard InChI is InChI=1S/C27H28ClN3O4/c1-35-26(34)20(30-23-22(28)24(32)27(23)10-3-2-4-11-27)16-17-5-6-21-19(15-17)9-14-31(21)25(33)18-7-12-29-13-8-18/h5-8,12-13,15,20,22H,2-4,9-11,14,16H2,1H3. The average Bonchev–Trinajstić information content (AvgIpc) is 3.33. The number of carbonyl (C=O) groups is 3. The lowest BCUT2D eigenvalue weighted by atomic mass is 9.58. The fraction of sp³-hybridized carbons (Fsp3) is 0.444. The number of nitrogens with zero attached hydrogens (tertiary/aromatic N) is 3. The highest BCUT2D eigenvalue weighted by Gasteiger charge is 2.58. The molecule has 8 heteroatoms. The molecule has 0 radical (unpaired) electrons. The number of methoxy groups -OCH3 is 1. The van der Waals surface area contributed by atoms with Gasteiger partial charge in [0.05, 0.1) is 18.2 Å². The molecule has 0 saturated heterocycles. The molecule has 0 bridgehead atoms. The maximum Gasteiger partial charge on any atom is 0.330 e. The number of ketones is 1. The number of carbonyl (C=O) groups excluding carboxylic acids is 3. The molecular formula is C27H28ClN3O4. The molecule has 2 atom stereocenters. The Kier molecular flexibility index (Phi) is 6.45. The summed E-state index contributed by atoms with van der Waals surface area (Å²) in [6, 6.07) is 8.54. The van der Waals surface area contributed by atoms with Crippen LogP contribution in [0.25, 0.3) is 0 Å². The highest BCUT2D eigenvalue weighted by Crippen LogP contribution is 2.49. The van der Waals surface area contributed by atoms with Crippen molar-refractivity contribution in [2.24, 2.45) is 10.4 Å². The van der Waals surface area contributed by atoms with E-state index in [4.69, 9.17) is 21.3 Å². The number of hydrogen-bond acceptors (Lipinski definition) is 6. The Labute approximate surface area is 209 Å². The van der Waals surface area contributed by atoms with Crippen molar-refractivity contribution in [3.05, 3.63) is 59.4 Å². The lowest BCUT2D eigenvalue weighted by molar-refractivity contribution is -0.142. The molecule has 5 rings (SSSR count). The number of hydrogen-bond donors (Lipinski definition) is 0. The SMILES string of the molecule is COC(=O)C(Cc1ccc2c(c1)CCN2C(=O)c1ccncc1)N=C1C(Cl)C(=O)C12CCCCC2. The fourth-order valence-electron chi connectivity index (χ4n) is 5.66. The predicted molar refractivity (Wildman–Crippen MR) is 133 cm³/mol. The molecule has 1 aromatic carbocycles. The van der Waals surface area contributed by atoms with Crippen molar-refractivity contribution in [1.29, 1.82) is 0 Å². The minimum absolute atomic E-state index is 0.0396.